The molecule has 8 nitrogen and oxygen atoms in total. The van der Waals surface area contributed by atoms with E-state index in [1.165, 1.54) is 4.90 Å². The van der Waals surface area contributed by atoms with E-state index in [0.717, 1.165) is 36.2 Å². The Kier molecular flexibility index (Phi) is 10.1. The van der Waals surface area contributed by atoms with Crippen molar-refractivity contribution in [2.75, 3.05) is 23.7 Å². The molecule has 1 atom stereocenters. The molecule has 1 N–H and O–H groups in total. The minimum atomic E-state index is -3.83. The number of benzene rings is 2. The third-order valence-corrected chi connectivity index (χ3v) is 8.22. The topological polar surface area (TPSA) is 96.0 Å². The summed E-state index contributed by atoms with van der Waals surface area (Å²) in [7, 11) is -3.83. The average molecular weight is 571 g/mol. The van der Waals surface area contributed by atoms with E-state index in [1.807, 2.05) is 6.92 Å². The number of hydrogen-bond donors (Lipinski definition) is 1. The summed E-state index contributed by atoms with van der Waals surface area (Å²) in [6.07, 6.45) is 4.90. The van der Waals surface area contributed by atoms with Crippen molar-refractivity contribution in [2.45, 2.75) is 58.2 Å². The fourth-order valence-electron chi connectivity index (χ4n) is 4.32. The van der Waals surface area contributed by atoms with Gasteiger partial charge in [0.05, 0.1) is 18.6 Å². The van der Waals surface area contributed by atoms with Crippen molar-refractivity contribution in [3.05, 3.63) is 58.1 Å². The fraction of sp³-hybridized carbons (Fsp3) is 0.462. The maximum absolute atomic E-state index is 13.7. The minimum Gasteiger partial charge on any atom is -0.494 e. The number of sulfonamides is 1. The standard InChI is InChI=1S/C26H33Cl2N3O5S/c1-4-36-21-14-12-20(13-15-21)31(37(3,34)35)17-25(32)30(16-22-23(27)10-7-11-24(22)28)18(2)26(33)29-19-8-5-6-9-19/h7,10-15,18-19H,4-6,8-9,16-17H2,1-3H3,(H,29,33). The number of rotatable bonds is 11. The van der Waals surface area contributed by atoms with Crippen LogP contribution in [0.5, 0.6) is 5.75 Å². The number of carbonyl (C=O) groups excluding carboxylic acids is 2. The average Bonchev–Trinajstić information content (AvgIpc) is 3.35. The number of carbonyl (C=O) groups is 2. The minimum absolute atomic E-state index is 0.0581. The smallest absolute Gasteiger partial charge is 0.244 e. The van der Waals surface area contributed by atoms with Crippen LogP contribution in [0.4, 0.5) is 5.69 Å². The molecule has 0 radical (unpaired) electrons. The second kappa shape index (κ2) is 12.8. The van der Waals surface area contributed by atoms with E-state index in [2.05, 4.69) is 5.32 Å². The first-order valence-corrected chi connectivity index (χ1v) is 14.8. The van der Waals surface area contributed by atoms with Crippen molar-refractivity contribution in [3.63, 3.8) is 0 Å². The van der Waals surface area contributed by atoms with E-state index in [9.17, 15) is 18.0 Å². The highest BCUT2D eigenvalue weighted by molar-refractivity contribution is 7.92. The monoisotopic (exact) mass is 569 g/mol. The third-order valence-electron chi connectivity index (χ3n) is 6.37. The third kappa shape index (κ3) is 7.75. The van der Waals surface area contributed by atoms with Crippen molar-refractivity contribution < 1.29 is 22.7 Å². The maximum atomic E-state index is 13.7. The molecule has 2 aromatic carbocycles. The summed E-state index contributed by atoms with van der Waals surface area (Å²) >= 11 is 12.7. The number of amides is 2. The van der Waals surface area contributed by atoms with Gasteiger partial charge >= 0.3 is 0 Å². The zero-order chi connectivity index (χ0) is 27.2. The Morgan fingerprint density at radius 1 is 1.08 bits per heavy atom. The molecule has 1 aliphatic carbocycles. The zero-order valence-electron chi connectivity index (χ0n) is 21.2. The van der Waals surface area contributed by atoms with Crippen molar-refractivity contribution in [2.24, 2.45) is 0 Å². The van der Waals surface area contributed by atoms with Gasteiger partial charge in [0.25, 0.3) is 0 Å². The summed E-state index contributed by atoms with van der Waals surface area (Å²) in [5.74, 6) is -0.294. The lowest BCUT2D eigenvalue weighted by molar-refractivity contribution is -0.139. The van der Waals surface area contributed by atoms with E-state index in [4.69, 9.17) is 27.9 Å². The molecule has 0 bridgehead atoms. The Morgan fingerprint density at radius 3 is 2.22 bits per heavy atom. The first-order chi connectivity index (χ1) is 17.5. The number of halogens is 2. The number of nitrogens with zero attached hydrogens (tertiary/aromatic N) is 2. The fourth-order valence-corrected chi connectivity index (χ4v) is 5.68. The molecule has 0 aromatic heterocycles. The molecule has 0 saturated heterocycles. The number of anilines is 1. The maximum Gasteiger partial charge on any atom is 0.244 e. The van der Waals surface area contributed by atoms with Crippen LogP contribution in [0.15, 0.2) is 42.5 Å². The molecule has 2 amide bonds. The van der Waals surface area contributed by atoms with Crippen LogP contribution < -0.4 is 14.4 Å². The van der Waals surface area contributed by atoms with Crippen LogP contribution in [0.25, 0.3) is 0 Å². The lowest BCUT2D eigenvalue weighted by atomic mass is 10.1. The zero-order valence-corrected chi connectivity index (χ0v) is 23.6. The van der Waals surface area contributed by atoms with Gasteiger partial charge in [-0.15, -0.1) is 0 Å². The Hall–Kier alpha value is -2.49. The van der Waals surface area contributed by atoms with Gasteiger partial charge in [-0.25, -0.2) is 8.42 Å². The Morgan fingerprint density at radius 2 is 1.68 bits per heavy atom. The molecule has 0 heterocycles. The van der Waals surface area contributed by atoms with Crippen molar-refractivity contribution in [1.82, 2.24) is 10.2 Å². The molecule has 1 saturated carbocycles. The van der Waals surface area contributed by atoms with Gasteiger partial charge < -0.3 is 15.0 Å². The van der Waals surface area contributed by atoms with E-state index < -0.39 is 28.5 Å². The molecule has 202 valence electrons. The first-order valence-electron chi connectivity index (χ1n) is 12.2. The van der Waals surface area contributed by atoms with Crippen LogP contribution in [0, 0.1) is 0 Å². The van der Waals surface area contributed by atoms with Crippen LogP contribution >= 0.6 is 23.2 Å². The van der Waals surface area contributed by atoms with Crippen molar-refractivity contribution >= 4 is 50.7 Å². The van der Waals surface area contributed by atoms with Gasteiger partial charge in [0.1, 0.15) is 18.3 Å². The van der Waals surface area contributed by atoms with Crippen molar-refractivity contribution in [1.29, 1.82) is 0 Å². The Labute approximate surface area is 228 Å². The second-order valence-corrected chi connectivity index (χ2v) is 11.8. The van der Waals surface area contributed by atoms with E-state index in [-0.39, 0.29) is 18.5 Å². The van der Waals surface area contributed by atoms with Gasteiger partial charge in [0.15, 0.2) is 0 Å². The highest BCUT2D eigenvalue weighted by Crippen LogP contribution is 2.28. The summed E-state index contributed by atoms with van der Waals surface area (Å²) < 4.78 is 31.8. The van der Waals surface area contributed by atoms with Crippen LogP contribution in [-0.2, 0) is 26.2 Å². The largest absolute Gasteiger partial charge is 0.494 e. The summed E-state index contributed by atoms with van der Waals surface area (Å²) in [6.45, 7) is 3.37. The van der Waals surface area contributed by atoms with Crippen molar-refractivity contribution in [3.8, 4) is 5.75 Å². The molecule has 3 rings (SSSR count). The molecule has 1 aliphatic rings. The van der Waals surface area contributed by atoms with Gasteiger partial charge in [0.2, 0.25) is 21.8 Å². The molecular formula is C26H33Cl2N3O5S. The highest BCUT2D eigenvalue weighted by atomic mass is 35.5. The molecular weight excluding hydrogens is 537 g/mol. The summed E-state index contributed by atoms with van der Waals surface area (Å²) in [6, 6.07) is 10.6. The van der Waals surface area contributed by atoms with Crippen LogP contribution in [0.3, 0.4) is 0 Å². The quantitative estimate of drug-likeness (QED) is 0.425. The molecule has 0 spiro atoms. The van der Waals surface area contributed by atoms with Gasteiger partial charge in [-0.05, 0) is 63.1 Å². The predicted octanol–water partition coefficient (Wildman–Crippen LogP) is 4.63. The number of ether oxygens (including phenoxy) is 1. The Bertz CT molecular complexity index is 1180. The van der Waals surface area contributed by atoms with E-state index >= 15 is 0 Å². The summed E-state index contributed by atoms with van der Waals surface area (Å²) in [5, 5.41) is 3.71. The summed E-state index contributed by atoms with van der Waals surface area (Å²) in [5.41, 5.74) is 0.782. The van der Waals surface area contributed by atoms with E-state index in [1.54, 1.807) is 49.4 Å². The second-order valence-electron chi connectivity index (χ2n) is 9.08. The van der Waals surface area contributed by atoms with Gasteiger partial charge in [0, 0.05) is 28.2 Å². The highest BCUT2D eigenvalue weighted by Gasteiger charge is 2.32. The van der Waals surface area contributed by atoms with E-state index in [0.29, 0.717) is 33.7 Å². The SMILES string of the molecule is CCOc1ccc(N(CC(=O)N(Cc2c(Cl)cccc2Cl)C(C)C(=O)NC2CCCC2)S(C)(=O)=O)cc1. The number of nitrogens with one attached hydrogen (secondary N) is 1. The van der Waals surface area contributed by atoms with Gasteiger partial charge in [-0.3, -0.25) is 13.9 Å². The summed E-state index contributed by atoms with van der Waals surface area (Å²) in [4.78, 5) is 28.1. The van der Waals surface area contributed by atoms with Gasteiger partial charge in [-0.1, -0.05) is 42.1 Å². The Balaban J connectivity index is 1.90. The molecule has 1 unspecified atom stereocenters. The van der Waals surface area contributed by atoms with Gasteiger partial charge in [-0.2, -0.15) is 0 Å². The molecule has 0 aliphatic heterocycles. The molecule has 11 heteroatoms. The van der Waals surface area contributed by atoms with Crippen LogP contribution in [0.1, 0.15) is 45.1 Å². The molecule has 1 fully saturated rings. The number of hydrogen-bond acceptors (Lipinski definition) is 5. The normalized spacial score (nSPS) is 14.7. The van der Waals surface area contributed by atoms with Crippen LogP contribution in [-0.4, -0.2) is 56.6 Å². The van der Waals surface area contributed by atoms with Crippen LogP contribution in [0.2, 0.25) is 10.0 Å². The molecule has 2 aromatic rings. The lowest BCUT2D eigenvalue weighted by Gasteiger charge is -2.32. The first kappa shape index (κ1) is 29.1. The lowest BCUT2D eigenvalue weighted by Crippen LogP contribution is -2.52. The predicted molar refractivity (Wildman–Crippen MR) is 147 cm³/mol. The molecule has 37 heavy (non-hydrogen) atoms.